The second kappa shape index (κ2) is 6.16. The Morgan fingerprint density at radius 2 is 1.63 bits per heavy atom. The summed E-state index contributed by atoms with van der Waals surface area (Å²) in [6, 6.07) is 1.48. The molecule has 0 aliphatic carbocycles. The lowest BCUT2D eigenvalue weighted by molar-refractivity contribution is 0.0727. The lowest BCUT2D eigenvalue weighted by Crippen LogP contribution is -2.47. The average Bonchev–Trinajstić information content (AvgIpc) is 2.30. The lowest BCUT2D eigenvalue weighted by atomic mass is 9.73. The highest BCUT2D eigenvalue weighted by atomic mass is 15.2. The first-order valence-corrected chi connectivity index (χ1v) is 8.34. The van der Waals surface area contributed by atoms with Crippen molar-refractivity contribution < 1.29 is 0 Å². The standard InChI is InChI=1S/C18H37N/c1-9-10-15(4)19-13-18(7,8)12-17(5,6)11-16(19)14(2)3/h14-16H,9-13H2,1-8H3. The maximum Gasteiger partial charge on any atom is 0.0126 e. The molecular formula is C18H37N. The van der Waals surface area contributed by atoms with Crippen LogP contribution in [-0.2, 0) is 0 Å². The van der Waals surface area contributed by atoms with Crippen LogP contribution in [0.5, 0.6) is 0 Å². The van der Waals surface area contributed by atoms with Crippen LogP contribution in [0.2, 0.25) is 0 Å². The summed E-state index contributed by atoms with van der Waals surface area (Å²) >= 11 is 0. The summed E-state index contributed by atoms with van der Waals surface area (Å²) < 4.78 is 0. The summed E-state index contributed by atoms with van der Waals surface area (Å²) in [5, 5.41) is 0. The van der Waals surface area contributed by atoms with Crippen molar-refractivity contribution in [1.82, 2.24) is 4.90 Å². The van der Waals surface area contributed by atoms with Gasteiger partial charge in [-0.15, -0.1) is 0 Å². The monoisotopic (exact) mass is 267 g/mol. The molecule has 0 N–H and O–H groups in total. The third-order valence-corrected chi connectivity index (χ3v) is 4.80. The molecular weight excluding hydrogens is 230 g/mol. The van der Waals surface area contributed by atoms with Gasteiger partial charge in [0.2, 0.25) is 0 Å². The molecule has 0 aromatic carbocycles. The fraction of sp³-hybridized carbons (Fsp3) is 1.00. The summed E-state index contributed by atoms with van der Waals surface area (Å²) in [5.74, 6) is 0.757. The Morgan fingerprint density at radius 1 is 1.05 bits per heavy atom. The third kappa shape index (κ3) is 4.77. The van der Waals surface area contributed by atoms with Gasteiger partial charge in [0.25, 0.3) is 0 Å². The SMILES string of the molecule is CCCC(C)N1CC(C)(C)CC(C)(C)CC1C(C)C. The summed E-state index contributed by atoms with van der Waals surface area (Å²) in [6.07, 6.45) is 5.33. The number of nitrogens with zero attached hydrogens (tertiary/aromatic N) is 1. The second-order valence-electron chi connectivity index (χ2n) is 8.83. The van der Waals surface area contributed by atoms with Gasteiger partial charge in [0.05, 0.1) is 0 Å². The van der Waals surface area contributed by atoms with Gasteiger partial charge in [-0.1, -0.05) is 54.9 Å². The van der Waals surface area contributed by atoms with Crippen LogP contribution in [0.1, 0.15) is 81.1 Å². The lowest BCUT2D eigenvalue weighted by Gasteiger charge is -2.41. The van der Waals surface area contributed by atoms with Gasteiger partial charge in [0.15, 0.2) is 0 Å². The molecule has 0 radical (unpaired) electrons. The minimum absolute atomic E-state index is 0.440. The predicted molar refractivity (Wildman–Crippen MR) is 86.5 cm³/mol. The van der Waals surface area contributed by atoms with E-state index in [-0.39, 0.29) is 0 Å². The molecule has 1 aliphatic heterocycles. The normalized spacial score (nSPS) is 29.2. The molecule has 1 saturated heterocycles. The van der Waals surface area contributed by atoms with Crippen molar-refractivity contribution in [3.63, 3.8) is 0 Å². The molecule has 1 heteroatoms. The Morgan fingerprint density at radius 3 is 2.11 bits per heavy atom. The van der Waals surface area contributed by atoms with E-state index in [0.717, 1.165) is 18.0 Å². The molecule has 0 aromatic heterocycles. The minimum Gasteiger partial charge on any atom is -0.297 e. The smallest absolute Gasteiger partial charge is 0.0126 e. The Balaban J connectivity index is 3.01. The highest BCUT2D eigenvalue weighted by Crippen LogP contribution is 2.44. The first-order valence-electron chi connectivity index (χ1n) is 8.34. The first-order chi connectivity index (χ1) is 8.58. The van der Waals surface area contributed by atoms with Crippen LogP contribution in [0.15, 0.2) is 0 Å². The third-order valence-electron chi connectivity index (χ3n) is 4.80. The molecule has 1 aliphatic rings. The van der Waals surface area contributed by atoms with E-state index in [1.54, 1.807) is 0 Å². The van der Waals surface area contributed by atoms with Gasteiger partial charge < -0.3 is 0 Å². The van der Waals surface area contributed by atoms with Crippen LogP contribution in [0.3, 0.4) is 0 Å². The predicted octanol–water partition coefficient (Wildman–Crippen LogP) is 5.35. The molecule has 2 unspecified atom stereocenters. The molecule has 1 rings (SSSR count). The van der Waals surface area contributed by atoms with E-state index in [2.05, 4.69) is 60.3 Å². The second-order valence-corrected chi connectivity index (χ2v) is 8.83. The van der Waals surface area contributed by atoms with Crippen molar-refractivity contribution in [3.8, 4) is 0 Å². The van der Waals surface area contributed by atoms with Gasteiger partial charge in [0, 0.05) is 18.6 Å². The zero-order valence-corrected chi connectivity index (χ0v) is 14.7. The molecule has 1 heterocycles. The van der Waals surface area contributed by atoms with Gasteiger partial charge in [-0.3, -0.25) is 4.90 Å². The number of rotatable bonds is 4. The van der Waals surface area contributed by atoms with Crippen LogP contribution in [0.4, 0.5) is 0 Å². The Labute approximate surface area is 122 Å². The molecule has 114 valence electrons. The van der Waals surface area contributed by atoms with Crippen LogP contribution >= 0.6 is 0 Å². The largest absolute Gasteiger partial charge is 0.297 e. The van der Waals surface area contributed by atoms with E-state index in [0.29, 0.717) is 10.8 Å². The van der Waals surface area contributed by atoms with E-state index in [4.69, 9.17) is 0 Å². The summed E-state index contributed by atoms with van der Waals surface area (Å²) in [6.45, 7) is 20.7. The molecule has 0 aromatic rings. The summed E-state index contributed by atoms with van der Waals surface area (Å²) in [7, 11) is 0. The van der Waals surface area contributed by atoms with Crippen molar-refractivity contribution in [3.05, 3.63) is 0 Å². The van der Waals surface area contributed by atoms with E-state index in [1.165, 1.54) is 32.2 Å². The van der Waals surface area contributed by atoms with Crippen LogP contribution < -0.4 is 0 Å². The Hall–Kier alpha value is -0.0400. The van der Waals surface area contributed by atoms with Gasteiger partial charge in [-0.05, 0) is 42.9 Å². The van der Waals surface area contributed by atoms with Crippen molar-refractivity contribution in [2.45, 2.75) is 93.2 Å². The highest BCUT2D eigenvalue weighted by molar-refractivity contribution is 4.94. The van der Waals surface area contributed by atoms with Crippen LogP contribution in [-0.4, -0.2) is 23.5 Å². The summed E-state index contributed by atoms with van der Waals surface area (Å²) in [4.78, 5) is 2.84. The Bertz CT molecular complexity index is 277. The zero-order chi connectivity index (χ0) is 14.8. The van der Waals surface area contributed by atoms with Crippen molar-refractivity contribution in [2.75, 3.05) is 6.54 Å². The first kappa shape index (κ1) is 17.0. The van der Waals surface area contributed by atoms with Gasteiger partial charge in [-0.25, -0.2) is 0 Å². The maximum atomic E-state index is 2.84. The van der Waals surface area contributed by atoms with Crippen LogP contribution in [0.25, 0.3) is 0 Å². The Kier molecular flexibility index (Phi) is 5.52. The van der Waals surface area contributed by atoms with Crippen LogP contribution in [0, 0.1) is 16.7 Å². The quantitative estimate of drug-likeness (QED) is 0.664. The molecule has 0 amide bonds. The van der Waals surface area contributed by atoms with E-state index in [1.807, 2.05) is 0 Å². The highest BCUT2D eigenvalue weighted by Gasteiger charge is 2.41. The van der Waals surface area contributed by atoms with E-state index < -0.39 is 0 Å². The molecule has 19 heavy (non-hydrogen) atoms. The zero-order valence-electron chi connectivity index (χ0n) is 14.7. The number of likely N-dealkylation sites (tertiary alicyclic amines) is 1. The molecule has 1 fully saturated rings. The fourth-order valence-electron chi connectivity index (χ4n) is 4.40. The minimum atomic E-state index is 0.440. The molecule has 0 spiro atoms. The fourth-order valence-corrected chi connectivity index (χ4v) is 4.40. The molecule has 1 nitrogen and oxygen atoms in total. The topological polar surface area (TPSA) is 3.24 Å². The number of hydrogen-bond acceptors (Lipinski definition) is 1. The van der Waals surface area contributed by atoms with Gasteiger partial charge in [0.1, 0.15) is 0 Å². The molecule has 0 saturated carbocycles. The van der Waals surface area contributed by atoms with Crippen molar-refractivity contribution >= 4 is 0 Å². The average molecular weight is 268 g/mol. The molecule has 2 atom stereocenters. The molecule has 0 bridgehead atoms. The van der Waals surface area contributed by atoms with Crippen molar-refractivity contribution in [2.24, 2.45) is 16.7 Å². The van der Waals surface area contributed by atoms with Gasteiger partial charge in [-0.2, -0.15) is 0 Å². The number of hydrogen-bond donors (Lipinski definition) is 0. The van der Waals surface area contributed by atoms with E-state index in [9.17, 15) is 0 Å². The maximum absolute atomic E-state index is 2.84. The van der Waals surface area contributed by atoms with Gasteiger partial charge >= 0.3 is 0 Å². The summed E-state index contributed by atoms with van der Waals surface area (Å²) in [5.41, 5.74) is 0.911. The van der Waals surface area contributed by atoms with E-state index >= 15 is 0 Å². The van der Waals surface area contributed by atoms with Crippen molar-refractivity contribution in [1.29, 1.82) is 0 Å².